The van der Waals surface area contributed by atoms with Crippen molar-refractivity contribution in [2.75, 3.05) is 12.4 Å². The molecule has 0 heterocycles. The molecule has 0 bridgehead atoms. The summed E-state index contributed by atoms with van der Waals surface area (Å²) in [5, 5.41) is 5.16. The Kier molecular flexibility index (Phi) is 6.73. The molecule has 0 saturated heterocycles. The molecular weight excluding hydrogens is 405 g/mol. The molecule has 0 aromatic heterocycles. The lowest BCUT2D eigenvalue weighted by Crippen LogP contribution is -2.02. The van der Waals surface area contributed by atoms with Crippen LogP contribution in [0.5, 0.6) is 11.5 Å². The predicted molar refractivity (Wildman–Crippen MR) is 113 cm³/mol. The van der Waals surface area contributed by atoms with Crippen LogP contribution in [0.4, 0.5) is 5.69 Å². The molecule has 0 aliphatic heterocycles. The highest BCUT2D eigenvalue weighted by Gasteiger charge is 2.07. The van der Waals surface area contributed by atoms with Crippen molar-refractivity contribution in [3.05, 3.63) is 86.9 Å². The van der Waals surface area contributed by atoms with Crippen LogP contribution >= 0.6 is 34.8 Å². The van der Waals surface area contributed by atoms with Crippen LogP contribution in [-0.4, -0.2) is 7.11 Å². The van der Waals surface area contributed by atoms with E-state index in [2.05, 4.69) is 5.32 Å². The van der Waals surface area contributed by atoms with Crippen LogP contribution in [0.25, 0.3) is 0 Å². The Balaban J connectivity index is 1.66. The number of halogens is 3. The van der Waals surface area contributed by atoms with E-state index in [4.69, 9.17) is 44.3 Å². The lowest BCUT2D eigenvalue weighted by Gasteiger charge is -2.13. The lowest BCUT2D eigenvalue weighted by molar-refractivity contribution is 0.284. The maximum atomic E-state index is 6.03. The molecular formula is C21H18Cl3NO2. The number of hydrogen-bond acceptors (Lipinski definition) is 3. The normalized spacial score (nSPS) is 10.5. The van der Waals surface area contributed by atoms with Gasteiger partial charge in [-0.2, -0.15) is 0 Å². The number of ether oxygens (including phenoxy) is 2. The molecule has 0 saturated carbocycles. The second-order valence-electron chi connectivity index (χ2n) is 5.92. The number of hydrogen-bond donors (Lipinski definition) is 1. The van der Waals surface area contributed by atoms with E-state index in [1.807, 2.05) is 54.6 Å². The van der Waals surface area contributed by atoms with Crippen molar-refractivity contribution in [3.63, 3.8) is 0 Å². The highest BCUT2D eigenvalue weighted by Crippen LogP contribution is 2.30. The van der Waals surface area contributed by atoms with Gasteiger partial charge in [0.05, 0.1) is 7.11 Å². The van der Waals surface area contributed by atoms with Crippen LogP contribution in [0.2, 0.25) is 15.1 Å². The molecule has 1 N–H and O–H groups in total. The molecule has 0 fully saturated rings. The Hall–Kier alpha value is -2.07. The monoisotopic (exact) mass is 421 g/mol. The zero-order chi connectivity index (χ0) is 19.2. The first-order chi connectivity index (χ1) is 13.0. The van der Waals surface area contributed by atoms with Gasteiger partial charge in [-0.25, -0.2) is 0 Å². The zero-order valence-corrected chi connectivity index (χ0v) is 16.9. The van der Waals surface area contributed by atoms with E-state index in [1.54, 1.807) is 13.2 Å². The highest BCUT2D eigenvalue weighted by atomic mass is 35.5. The van der Waals surface area contributed by atoms with Crippen molar-refractivity contribution in [1.82, 2.24) is 0 Å². The van der Waals surface area contributed by atoms with Crippen LogP contribution in [-0.2, 0) is 13.2 Å². The van der Waals surface area contributed by atoms with Crippen molar-refractivity contribution >= 4 is 40.5 Å². The van der Waals surface area contributed by atoms with E-state index in [-0.39, 0.29) is 0 Å². The zero-order valence-electron chi connectivity index (χ0n) is 14.6. The van der Waals surface area contributed by atoms with Gasteiger partial charge in [0.25, 0.3) is 0 Å². The number of nitrogens with one attached hydrogen (secondary N) is 1. The van der Waals surface area contributed by atoms with Crippen molar-refractivity contribution in [2.45, 2.75) is 13.2 Å². The Morgan fingerprint density at radius 1 is 0.778 bits per heavy atom. The van der Waals surface area contributed by atoms with E-state index in [0.29, 0.717) is 39.7 Å². The molecule has 0 unspecified atom stereocenters. The largest absolute Gasteiger partial charge is 0.493 e. The summed E-state index contributed by atoms with van der Waals surface area (Å²) in [5.74, 6) is 1.34. The second kappa shape index (κ2) is 9.23. The first kappa shape index (κ1) is 19.7. The predicted octanol–water partition coefficient (Wildman–Crippen LogP) is 6.85. The summed E-state index contributed by atoms with van der Waals surface area (Å²) < 4.78 is 11.3. The molecule has 27 heavy (non-hydrogen) atoms. The standard InChI is InChI=1S/C21H18Cl3NO2/c1-26-21-8-14(12-25-19-10-17(23)9-18(24)11-19)5-6-20(21)27-13-15-3-2-4-16(22)7-15/h2-11,25H,12-13H2,1H3. The Morgan fingerprint density at radius 2 is 1.56 bits per heavy atom. The average Bonchev–Trinajstić information content (AvgIpc) is 2.64. The average molecular weight is 423 g/mol. The first-order valence-corrected chi connectivity index (χ1v) is 9.41. The van der Waals surface area contributed by atoms with Crippen molar-refractivity contribution in [2.24, 2.45) is 0 Å². The van der Waals surface area contributed by atoms with E-state index in [0.717, 1.165) is 16.8 Å². The summed E-state index contributed by atoms with van der Waals surface area (Å²) in [6, 6.07) is 18.7. The fourth-order valence-corrected chi connectivity index (χ4v) is 3.33. The maximum Gasteiger partial charge on any atom is 0.161 e. The third-order valence-electron chi connectivity index (χ3n) is 3.87. The van der Waals surface area contributed by atoms with Crippen molar-refractivity contribution in [3.8, 4) is 11.5 Å². The molecule has 3 rings (SSSR count). The van der Waals surface area contributed by atoms with Gasteiger partial charge in [-0.15, -0.1) is 0 Å². The van der Waals surface area contributed by atoms with E-state index >= 15 is 0 Å². The first-order valence-electron chi connectivity index (χ1n) is 8.27. The van der Waals surface area contributed by atoms with Gasteiger partial charge in [0.2, 0.25) is 0 Å². The van der Waals surface area contributed by atoms with Gasteiger partial charge < -0.3 is 14.8 Å². The molecule has 0 amide bonds. The fraction of sp³-hybridized carbons (Fsp3) is 0.143. The molecule has 6 heteroatoms. The van der Waals surface area contributed by atoms with Gasteiger partial charge in [-0.1, -0.05) is 53.0 Å². The van der Waals surface area contributed by atoms with Crippen LogP contribution in [0, 0.1) is 0 Å². The topological polar surface area (TPSA) is 30.5 Å². The summed E-state index contributed by atoms with van der Waals surface area (Å²) >= 11 is 18.1. The molecule has 140 valence electrons. The molecule has 3 aromatic carbocycles. The molecule has 3 aromatic rings. The molecule has 0 aliphatic carbocycles. The summed E-state index contributed by atoms with van der Waals surface area (Å²) in [6.07, 6.45) is 0. The number of methoxy groups -OCH3 is 1. The van der Waals surface area contributed by atoms with Crippen molar-refractivity contribution < 1.29 is 9.47 Å². The fourth-order valence-electron chi connectivity index (χ4n) is 2.59. The van der Waals surface area contributed by atoms with Crippen LogP contribution in [0.3, 0.4) is 0 Å². The minimum atomic E-state index is 0.412. The second-order valence-corrected chi connectivity index (χ2v) is 7.22. The SMILES string of the molecule is COc1cc(CNc2cc(Cl)cc(Cl)c2)ccc1OCc1cccc(Cl)c1. The minimum absolute atomic E-state index is 0.412. The van der Waals surface area contributed by atoms with Gasteiger partial charge in [-0.05, 0) is 53.6 Å². The Morgan fingerprint density at radius 3 is 2.26 bits per heavy atom. The van der Waals surface area contributed by atoms with E-state index < -0.39 is 0 Å². The quantitative estimate of drug-likeness (QED) is 0.452. The van der Waals surface area contributed by atoms with Crippen molar-refractivity contribution in [1.29, 1.82) is 0 Å². The maximum absolute atomic E-state index is 6.03. The third kappa shape index (κ3) is 5.70. The Labute approximate surface area is 173 Å². The molecule has 0 aliphatic rings. The van der Waals surface area contributed by atoms with Gasteiger partial charge >= 0.3 is 0 Å². The van der Waals surface area contributed by atoms with Gasteiger partial charge in [0.15, 0.2) is 11.5 Å². The Bertz CT molecular complexity index is 911. The smallest absolute Gasteiger partial charge is 0.161 e. The summed E-state index contributed by atoms with van der Waals surface area (Å²) in [4.78, 5) is 0. The van der Waals surface area contributed by atoms with Crippen LogP contribution in [0.1, 0.15) is 11.1 Å². The van der Waals surface area contributed by atoms with E-state index in [1.165, 1.54) is 0 Å². The summed E-state index contributed by atoms with van der Waals surface area (Å²) in [5.41, 5.74) is 2.89. The molecule has 0 radical (unpaired) electrons. The van der Waals surface area contributed by atoms with E-state index in [9.17, 15) is 0 Å². The minimum Gasteiger partial charge on any atom is -0.493 e. The summed E-state index contributed by atoms with van der Waals surface area (Å²) in [7, 11) is 1.62. The number of rotatable bonds is 7. The number of anilines is 1. The molecule has 0 spiro atoms. The summed E-state index contributed by atoms with van der Waals surface area (Å²) in [6.45, 7) is 1.01. The molecule has 0 atom stereocenters. The highest BCUT2D eigenvalue weighted by molar-refractivity contribution is 6.35. The van der Waals surface area contributed by atoms with Crippen LogP contribution < -0.4 is 14.8 Å². The van der Waals surface area contributed by atoms with Gasteiger partial charge in [0, 0.05) is 27.3 Å². The van der Waals surface area contributed by atoms with Crippen LogP contribution in [0.15, 0.2) is 60.7 Å². The van der Waals surface area contributed by atoms with Gasteiger partial charge in [-0.3, -0.25) is 0 Å². The van der Waals surface area contributed by atoms with Gasteiger partial charge in [0.1, 0.15) is 6.61 Å². The third-order valence-corrected chi connectivity index (χ3v) is 4.54. The number of benzene rings is 3. The lowest BCUT2D eigenvalue weighted by atomic mass is 10.2. The molecule has 3 nitrogen and oxygen atoms in total.